The minimum atomic E-state index is -1.10. The molecule has 0 aliphatic heterocycles. The number of fused-ring (bicyclic) bond motifs is 1. The smallest absolute Gasteiger partial charge is 0.403 e. The van der Waals surface area contributed by atoms with E-state index in [1.807, 2.05) is 6.07 Å². The molecule has 3 aromatic heterocycles. The van der Waals surface area contributed by atoms with E-state index in [2.05, 4.69) is 20.1 Å². The number of anilines is 2. The maximum atomic E-state index is 13.9. The Kier molecular flexibility index (Phi) is 4.39. The van der Waals surface area contributed by atoms with Gasteiger partial charge in [0.15, 0.2) is 17.5 Å². The van der Waals surface area contributed by atoms with E-state index in [1.165, 1.54) is 12.1 Å². The van der Waals surface area contributed by atoms with Gasteiger partial charge in [0.1, 0.15) is 11.5 Å². The number of hydrogen-bond donors (Lipinski definition) is 3. The summed E-state index contributed by atoms with van der Waals surface area (Å²) in [5.41, 5.74) is 18.4. The molecule has 11 heteroatoms. The van der Waals surface area contributed by atoms with Gasteiger partial charge in [-0.2, -0.15) is 5.10 Å². The third kappa shape index (κ3) is 3.48. The molecule has 0 aliphatic carbocycles. The molecule has 1 aromatic carbocycles. The summed E-state index contributed by atoms with van der Waals surface area (Å²) < 4.78 is 20.2. The van der Waals surface area contributed by atoms with Gasteiger partial charge in [-0.25, -0.2) is 19.2 Å². The molecule has 0 saturated heterocycles. The Balaban J connectivity index is 1.85. The van der Waals surface area contributed by atoms with Gasteiger partial charge in [0, 0.05) is 17.8 Å². The topological polar surface area (TPSA) is 161 Å². The highest BCUT2D eigenvalue weighted by Crippen LogP contribution is 2.32. The second kappa shape index (κ2) is 7.03. The van der Waals surface area contributed by atoms with Crippen LogP contribution >= 0.6 is 0 Å². The Morgan fingerprint density at radius 1 is 1.17 bits per heavy atom. The number of primary amides is 1. The molecule has 6 N–H and O–H groups in total. The fourth-order valence-electron chi connectivity index (χ4n) is 2.89. The van der Waals surface area contributed by atoms with Crippen molar-refractivity contribution in [1.29, 1.82) is 0 Å². The van der Waals surface area contributed by atoms with Crippen molar-refractivity contribution in [3.63, 3.8) is 0 Å². The van der Waals surface area contributed by atoms with Crippen molar-refractivity contribution in [3.8, 4) is 17.3 Å². The molecule has 146 valence electrons. The zero-order valence-corrected chi connectivity index (χ0v) is 14.9. The molecule has 0 saturated carbocycles. The van der Waals surface area contributed by atoms with E-state index >= 15 is 0 Å². The molecule has 0 fully saturated rings. The number of nitrogen functional groups attached to an aromatic ring is 2. The van der Waals surface area contributed by atoms with Gasteiger partial charge in [-0.1, -0.05) is 6.07 Å². The van der Waals surface area contributed by atoms with Crippen LogP contribution in [0.1, 0.15) is 5.56 Å². The molecule has 0 aliphatic rings. The molecular weight excluding hydrogens is 379 g/mol. The predicted octanol–water partition coefficient (Wildman–Crippen LogP) is 1.70. The number of benzene rings is 1. The average Bonchev–Trinajstić information content (AvgIpc) is 3.03. The fraction of sp³-hybridized carbons (Fsp3) is 0.0556. The Labute approximate surface area is 163 Å². The van der Waals surface area contributed by atoms with Crippen LogP contribution in [0, 0.1) is 5.82 Å². The lowest BCUT2D eigenvalue weighted by molar-refractivity contribution is 0.211. The van der Waals surface area contributed by atoms with Crippen LogP contribution in [0.3, 0.4) is 0 Å². The van der Waals surface area contributed by atoms with Crippen LogP contribution in [0.2, 0.25) is 0 Å². The summed E-state index contributed by atoms with van der Waals surface area (Å²) in [4.78, 5) is 23.3. The average molecular weight is 394 g/mol. The second-order valence-corrected chi connectivity index (χ2v) is 6.10. The van der Waals surface area contributed by atoms with Gasteiger partial charge in [-0.05, 0) is 29.8 Å². The van der Waals surface area contributed by atoms with Gasteiger partial charge >= 0.3 is 6.09 Å². The maximum Gasteiger partial charge on any atom is 0.410 e. The van der Waals surface area contributed by atoms with Crippen LogP contribution in [0.4, 0.5) is 20.8 Å². The Bertz CT molecular complexity index is 1200. The number of carbonyl (C=O) groups is 1. The van der Waals surface area contributed by atoms with Crippen LogP contribution in [-0.4, -0.2) is 30.8 Å². The second-order valence-electron chi connectivity index (χ2n) is 6.10. The number of halogens is 1. The monoisotopic (exact) mass is 394 g/mol. The molecule has 4 rings (SSSR count). The third-order valence-corrected chi connectivity index (χ3v) is 4.10. The largest absolute Gasteiger partial charge is 0.410 e. The summed E-state index contributed by atoms with van der Waals surface area (Å²) in [5.74, 6) is -0.905. The number of hydrogen-bond acceptors (Lipinski definition) is 8. The molecule has 29 heavy (non-hydrogen) atoms. The minimum absolute atomic E-state index is 0.0957. The molecule has 1 amide bonds. The summed E-state index contributed by atoms with van der Waals surface area (Å²) in [5, 5.41) is 5.12. The Morgan fingerprint density at radius 2 is 1.93 bits per heavy atom. The lowest BCUT2D eigenvalue weighted by Crippen LogP contribution is -2.19. The van der Waals surface area contributed by atoms with Crippen LogP contribution in [0.5, 0.6) is 5.75 Å². The van der Waals surface area contributed by atoms with Gasteiger partial charge in [0.25, 0.3) is 0 Å². The maximum absolute atomic E-state index is 13.9. The summed E-state index contributed by atoms with van der Waals surface area (Å²) in [6.07, 6.45) is 2.25. The van der Waals surface area contributed by atoms with Crippen LogP contribution in [0.25, 0.3) is 22.4 Å². The first-order chi connectivity index (χ1) is 13.9. The SMILES string of the molecule is NC(=O)Oc1c(N)nc(-c2nn(Cc3cccnc3)c3cc(F)ccc23)nc1N. The Hall–Kier alpha value is -4.28. The summed E-state index contributed by atoms with van der Waals surface area (Å²) in [6, 6.07) is 7.90. The number of aromatic nitrogens is 5. The number of rotatable bonds is 4. The van der Waals surface area contributed by atoms with E-state index in [-0.39, 0.29) is 23.2 Å². The van der Waals surface area contributed by atoms with E-state index in [9.17, 15) is 9.18 Å². The quantitative estimate of drug-likeness (QED) is 0.471. The lowest BCUT2D eigenvalue weighted by Gasteiger charge is -2.08. The molecule has 0 radical (unpaired) electrons. The number of amides is 1. The van der Waals surface area contributed by atoms with Crippen LogP contribution in [-0.2, 0) is 6.54 Å². The molecule has 0 atom stereocenters. The number of pyridine rings is 1. The Morgan fingerprint density at radius 3 is 2.59 bits per heavy atom. The van der Waals surface area contributed by atoms with E-state index in [0.717, 1.165) is 5.56 Å². The highest BCUT2D eigenvalue weighted by molar-refractivity contribution is 5.92. The van der Waals surface area contributed by atoms with Gasteiger partial charge in [-0.3, -0.25) is 9.67 Å². The van der Waals surface area contributed by atoms with Crippen molar-refractivity contribution >= 4 is 28.6 Å². The summed E-state index contributed by atoms with van der Waals surface area (Å²) >= 11 is 0. The number of carbonyl (C=O) groups excluding carboxylic acids is 1. The van der Waals surface area contributed by atoms with Crippen molar-refractivity contribution in [2.45, 2.75) is 6.54 Å². The first kappa shape index (κ1) is 18.1. The normalized spacial score (nSPS) is 10.9. The zero-order valence-electron chi connectivity index (χ0n) is 14.9. The lowest BCUT2D eigenvalue weighted by atomic mass is 10.2. The first-order valence-corrected chi connectivity index (χ1v) is 8.38. The van der Waals surface area contributed by atoms with Gasteiger partial charge < -0.3 is 21.9 Å². The van der Waals surface area contributed by atoms with E-state index in [1.54, 1.807) is 29.2 Å². The number of nitrogens with two attached hydrogens (primary N) is 3. The third-order valence-electron chi connectivity index (χ3n) is 4.10. The van der Waals surface area contributed by atoms with Crippen LogP contribution < -0.4 is 21.9 Å². The molecule has 0 unspecified atom stereocenters. The zero-order chi connectivity index (χ0) is 20.5. The van der Waals surface area contributed by atoms with Gasteiger partial charge in [0.2, 0.25) is 5.75 Å². The van der Waals surface area contributed by atoms with E-state index < -0.39 is 11.9 Å². The number of nitrogens with zero attached hydrogens (tertiary/aromatic N) is 5. The van der Waals surface area contributed by atoms with Gasteiger partial charge in [0.05, 0.1) is 12.1 Å². The minimum Gasteiger partial charge on any atom is -0.403 e. The predicted molar refractivity (Wildman–Crippen MR) is 103 cm³/mol. The summed E-state index contributed by atoms with van der Waals surface area (Å²) in [6.45, 7) is 0.349. The van der Waals surface area contributed by atoms with Crippen molar-refractivity contribution in [2.75, 3.05) is 11.5 Å². The summed E-state index contributed by atoms with van der Waals surface area (Å²) in [7, 11) is 0. The highest BCUT2D eigenvalue weighted by Gasteiger charge is 2.20. The molecule has 3 heterocycles. The molecule has 10 nitrogen and oxygen atoms in total. The molecule has 4 aromatic rings. The fourth-order valence-corrected chi connectivity index (χ4v) is 2.89. The van der Waals surface area contributed by atoms with Gasteiger partial charge in [-0.15, -0.1) is 0 Å². The molecule has 0 spiro atoms. The van der Waals surface area contributed by atoms with Crippen molar-refractivity contribution in [1.82, 2.24) is 24.7 Å². The highest BCUT2D eigenvalue weighted by atomic mass is 19.1. The first-order valence-electron chi connectivity index (χ1n) is 8.38. The van der Waals surface area contributed by atoms with Crippen LogP contribution in [0.15, 0.2) is 42.7 Å². The van der Waals surface area contributed by atoms with E-state index in [0.29, 0.717) is 23.1 Å². The molecule has 0 bridgehead atoms. The standard InChI is InChI=1S/C18H15FN8O2/c19-10-3-4-11-12(6-10)27(8-9-2-1-5-23-7-9)26-13(11)17-24-15(20)14(16(21)25-17)29-18(22)28/h1-7H,8H2,(H2,22,28)(H4,20,21,24,25). The van der Waals surface area contributed by atoms with Crippen molar-refractivity contribution in [2.24, 2.45) is 5.73 Å². The van der Waals surface area contributed by atoms with Crippen molar-refractivity contribution < 1.29 is 13.9 Å². The number of ether oxygens (including phenoxy) is 1. The van der Waals surface area contributed by atoms with E-state index in [4.69, 9.17) is 21.9 Å². The van der Waals surface area contributed by atoms with Crippen molar-refractivity contribution in [3.05, 3.63) is 54.1 Å². The molecular formula is C18H15FN8O2.